The smallest absolute Gasteiger partial charge is 0.326 e. The first kappa shape index (κ1) is 13.4. The van der Waals surface area contributed by atoms with Gasteiger partial charge in [-0.3, -0.25) is 4.79 Å². The van der Waals surface area contributed by atoms with Crippen molar-refractivity contribution in [3.8, 4) is 0 Å². The third-order valence-corrected chi connectivity index (χ3v) is 4.44. The first-order valence-corrected chi connectivity index (χ1v) is 7.24. The summed E-state index contributed by atoms with van der Waals surface area (Å²) in [6.07, 6.45) is 2.13. The van der Waals surface area contributed by atoms with Gasteiger partial charge in [-0.05, 0) is 42.9 Å². The summed E-state index contributed by atoms with van der Waals surface area (Å²) >= 11 is 5.96. The van der Waals surface area contributed by atoms with Gasteiger partial charge in [-0.2, -0.15) is 0 Å². The van der Waals surface area contributed by atoms with Crippen molar-refractivity contribution in [2.24, 2.45) is 5.92 Å². The molecule has 3 atom stereocenters. The average molecular weight is 294 g/mol. The minimum atomic E-state index is -0.893. The summed E-state index contributed by atoms with van der Waals surface area (Å²) in [5.74, 6) is -0.791. The van der Waals surface area contributed by atoms with Crippen molar-refractivity contribution in [1.82, 2.24) is 4.90 Å². The molecule has 1 aliphatic heterocycles. The van der Waals surface area contributed by atoms with E-state index in [2.05, 4.69) is 0 Å². The molecule has 2 fully saturated rings. The maximum Gasteiger partial charge on any atom is 0.326 e. The van der Waals surface area contributed by atoms with Gasteiger partial charge in [0, 0.05) is 17.5 Å². The van der Waals surface area contributed by atoms with E-state index in [9.17, 15) is 9.59 Å². The predicted molar refractivity (Wildman–Crippen MR) is 74.7 cm³/mol. The van der Waals surface area contributed by atoms with Gasteiger partial charge in [-0.15, -0.1) is 0 Å². The van der Waals surface area contributed by atoms with Crippen molar-refractivity contribution >= 4 is 23.5 Å². The number of hydrogen-bond acceptors (Lipinski definition) is 2. The number of halogens is 1. The Hall–Kier alpha value is -1.55. The van der Waals surface area contributed by atoms with Gasteiger partial charge in [-0.25, -0.2) is 4.79 Å². The van der Waals surface area contributed by atoms with Crippen molar-refractivity contribution in [1.29, 1.82) is 0 Å². The van der Waals surface area contributed by atoms with E-state index in [1.165, 1.54) is 4.90 Å². The molecule has 3 unspecified atom stereocenters. The van der Waals surface area contributed by atoms with Crippen LogP contribution in [0.4, 0.5) is 0 Å². The fourth-order valence-corrected chi connectivity index (χ4v) is 3.27. The SMILES string of the molecule is O=C(O)C1CCCN1C(=O)C1CC1c1cccc(Cl)c1. The molecule has 20 heavy (non-hydrogen) atoms. The van der Waals surface area contributed by atoms with Gasteiger partial charge < -0.3 is 10.0 Å². The Balaban J connectivity index is 1.70. The van der Waals surface area contributed by atoms with Crippen molar-refractivity contribution in [2.45, 2.75) is 31.2 Å². The lowest BCUT2D eigenvalue weighted by Gasteiger charge is -2.21. The van der Waals surface area contributed by atoms with Crippen molar-refractivity contribution < 1.29 is 14.7 Å². The molecule has 106 valence electrons. The number of carboxylic acids is 1. The Labute approximate surface area is 122 Å². The fraction of sp³-hybridized carbons (Fsp3) is 0.467. The second kappa shape index (κ2) is 5.09. The van der Waals surface area contributed by atoms with Gasteiger partial charge in [0.15, 0.2) is 0 Å². The van der Waals surface area contributed by atoms with Crippen LogP contribution in [0.25, 0.3) is 0 Å². The molecule has 0 radical (unpaired) electrons. The van der Waals surface area contributed by atoms with Gasteiger partial charge in [0.25, 0.3) is 0 Å². The van der Waals surface area contributed by atoms with Crippen LogP contribution in [-0.2, 0) is 9.59 Å². The normalized spacial score (nSPS) is 28.4. The van der Waals surface area contributed by atoms with Crippen molar-refractivity contribution in [3.63, 3.8) is 0 Å². The zero-order valence-corrected chi connectivity index (χ0v) is 11.7. The highest BCUT2D eigenvalue weighted by molar-refractivity contribution is 6.30. The molecule has 1 N–H and O–H groups in total. The van der Waals surface area contributed by atoms with E-state index >= 15 is 0 Å². The van der Waals surface area contributed by atoms with Gasteiger partial charge in [-0.1, -0.05) is 23.7 Å². The topological polar surface area (TPSA) is 57.6 Å². The highest BCUT2D eigenvalue weighted by atomic mass is 35.5. The van der Waals surface area contributed by atoms with Crippen molar-refractivity contribution in [2.75, 3.05) is 6.54 Å². The molecule has 0 bridgehead atoms. The maximum atomic E-state index is 12.4. The van der Waals surface area contributed by atoms with E-state index in [4.69, 9.17) is 16.7 Å². The highest BCUT2D eigenvalue weighted by Gasteiger charge is 2.48. The number of carbonyl (C=O) groups excluding carboxylic acids is 1. The number of hydrogen-bond donors (Lipinski definition) is 1. The molecule has 0 aromatic heterocycles. The zero-order valence-electron chi connectivity index (χ0n) is 11.0. The monoisotopic (exact) mass is 293 g/mol. The Kier molecular flexibility index (Phi) is 3.42. The van der Waals surface area contributed by atoms with E-state index < -0.39 is 12.0 Å². The Morgan fingerprint density at radius 2 is 2.15 bits per heavy atom. The Morgan fingerprint density at radius 3 is 2.85 bits per heavy atom. The standard InChI is InChI=1S/C15H16ClNO3/c16-10-4-1-3-9(7-10)11-8-12(11)14(18)17-6-2-5-13(17)15(19)20/h1,3-4,7,11-13H,2,5-6,8H2,(H,19,20). The minimum Gasteiger partial charge on any atom is -0.480 e. The molecule has 1 aromatic rings. The summed E-state index contributed by atoms with van der Waals surface area (Å²) in [7, 11) is 0. The number of nitrogens with zero attached hydrogens (tertiary/aromatic N) is 1. The first-order chi connectivity index (χ1) is 9.58. The number of rotatable bonds is 3. The van der Waals surface area contributed by atoms with Crippen LogP contribution in [0.2, 0.25) is 5.02 Å². The molecule has 1 aliphatic carbocycles. The molecule has 3 rings (SSSR count). The first-order valence-electron chi connectivity index (χ1n) is 6.86. The molecule has 1 saturated carbocycles. The van der Waals surface area contributed by atoms with Crippen LogP contribution in [0.3, 0.4) is 0 Å². The van der Waals surface area contributed by atoms with E-state index in [-0.39, 0.29) is 17.7 Å². The van der Waals surface area contributed by atoms with Crippen LogP contribution >= 0.6 is 11.6 Å². The molecule has 1 amide bonds. The van der Waals surface area contributed by atoms with Gasteiger partial charge >= 0.3 is 5.97 Å². The van der Waals surface area contributed by atoms with Crippen LogP contribution in [0.5, 0.6) is 0 Å². The third-order valence-electron chi connectivity index (χ3n) is 4.21. The van der Waals surface area contributed by atoms with Crippen molar-refractivity contribution in [3.05, 3.63) is 34.9 Å². The largest absolute Gasteiger partial charge is 0.480 e. The van der Waals surface area contributed by atoms with Crippen LogP contribution in [0.15, 0.2) is 24.3 Å². The maximum absolute atomic E-state index is 12.4. The Morgan fingerprint density at radius 1 is 1.35 bits per heavy atom. The summed E-state index contributed by atoms with van der Waals surface area (Å²) in [4.78, 5) is 25.1. The molecular formula is C15H16ClNO3. The summed E-state index contributed by atoms with van der Waals surface area (Å²) in [6.45, 7) is 0.564. The highest BCUT2D eigenvalue weighted by Crippen LogP contribution is 2.49. The molecule has 5 heteroatoms. The van der Waals surface area contributed by atoms with Crippen LogP contribution in [-0.4, -0.2) is 34.5 Å². The molecule has 1 aromatic carbocycles. The number of carbonyl (C=O) groups is 2. The quantitative estimate of drug-likeness (QED) is 0.931. The third kappa shape index (κ3) is 2.40. The summed E-state index contributed by atoms with van der Waals surface area (Å²) in [5, 5.41) is 9.81. The second-order valence-electron chi connectivity index (χ2n) is 5.53. The number of benzene rings is 1. The lowest BCUT2D eigenvalue weighted by molar-refractivity contribution is -0.148. The molecule has 0 spiro atoms. The summed E-state index contributed by atoms with van der Waals surface area (Å²) in [5.41, 5.74) is 1.07. The number of aliphatic carboxylic acids is 1. The van der Waals surface area contributed by atoms with Crippen LogP contribution in [0.1, 0.15) is 30.7 Å². The van der Waals surface area contributed by atoms with E-state index in [0.29, 0.717) is 18.0 Å². The lowest BCUT2D eigenvalue weighted by atomic mass is 10.1. The van der Waals surface area contributed by atoms with E-state index in [1.807, 2.05) is 24.3 Å². The van der Waals surface area contributed by atoms with Gasteiger partial charge in [0.2, 0.25) is 5.91 Å². The minimum absolute atomic E-state index is 0.0140. The molecule has 1 saturated heterocycles. The average Bonchev–Trinajstić information content (AvgIpc) is 3.06. The number of amides is 1. The predicted octanol–water partition coefficient (Wildman–Crippen LogP) is 2.52. The number of carboxylic acid groups (broad SMARTS) is 1. The van der Waals surface area contributed by atoms with Gasteiger partial charge in [0.05, 0.1) is 0 Å². The molecular weight excluding hydrogens is 278 g/mol. The lowest BCUT2D eigenvalue weighted by Crippen LogP contribution is -2.41. The zero-order chi connectivity index (χ0) is 14.3. The Bertz CT molecular complexity index is 560. The summed E-state index contributed by atoms with van der Waals surface area (Å²) < 4.78 is 0. The molecule has 2 aliphatic rings. The summed E-state index contributed by atoms with van der Waals surface area (Å²) in [6, 6.07) is 6.92. The molecule has 1 heterocycles. The van der Waals surface area contributed by atoms with Gasteiger partial charge in [0.1, 0.15) is 6.04 Å². The van der Waals surface area contributed by atoms with E-state index in [0.717, 1.165) is 18.4 Å². The van der Waals surface area contributed by atoms with E-state index in [1.54, 1.807) is 0 Å². The number of likely N-dealkylation sites (tertiary alicyclic amines) is 1. The molecule has 4 nitrogen and oxygen atoms in total. The fourth-order valence-electron chi connectivity index (χ4n) is 3.07. The van der Waals surface area contributed by atoms with Crippen LogP contribution in [0, 0.1) is 5.92 Å². The second-order valence-corrected chi connectivity index (χ2v) is 5.97. The van der Waals surface area contributed by atoms with Crippen LogP contribution < -0.4 is 0 Å².